The highest BCUT2D eigenvalue weighted by molar-refractivity contribution is 7.89. The van der Waals surface area contributed by atoms with E-state index >= 15 is 0 Å². The van der Waals surface area contributed by atoms with Crippen LogP contribution >= 0.6 is 0 Å². The molecule has 4 atom stereocenters. The third-order valence-electron chi connectivity index (χ3n) is 6.41. The lowest BCUT2D eigenvalue weighted by atomic mass is 9.85. The second-order valence-corrected chi connectivity index (χ2v) is 10.1. The molecule has 3 aliphatic rings. The summed E-state index contributed by atoms with van der Waals surface area (Å²) < 4.78 is 35.0. The van der Waals surface area contributed by atoms with Crippen LogP contribution in [-0.2, 0) is 19.6 Å². The molecule has 0 radical (unpaired) electrons. The number of nitrogens with zero attached hydrogens (tertiary/aromatic N) is 1. The molecule has 1 aromatic carbocycles. The summed E-state index contributed by atoms with van der Waals surface area (Å²) >= 11 is 0. The van der Waals surface area contributed by atoms with Crippen molar-refractivity contribution in [2.75, 3.05) is 0 Å². The van der Waals surface area contributed by atoms with Crippen LogP contribution in [0, 0.1) is 12.3 Å². The third-order valence-corrected chi connectivity index (χ3v) is 8.29. The number of carbonyl (C=O) groups excluding carboxylic acids is 1. The highest BCUT2D eigenvalue weighted by atomic mass is 32.2. The molecule has 1 saturated heterocycles. The van der Waals surface area contributed by atoms with Gasteiger partial charge in [-0.05, 0) is 51.7 Å². The lowest BCUT2D eigenvalue weighted by Crippen LogP contribution is -2.51. The van der Waals surface area contributed by atoms with E-state index in [0.717, 1.165) is 37.7 Å². The minimum Gasteiger partial charge on any atom is -0.356 e. The van der Waals surface area contributed by atoms with E-state index in [9.17, 15) is 13.2 Å². The van der Waals surface area contributed by atoms with Gasteiger partial charge in [0.1, 0.15) is 12.0 Å². The van der Waals surface area contributed by atoms with Crippen molar-refractivity contribution in [3.63, 3.8) is 0 Å². The van der Waals surface area contributed by atoms with Crippen molar-refractivity contribution in [2.24, 2.45) is 5.41 Å². The molecule has 0 spiro atoms. The Morgan fingerprint density at radius 1 is 1.12 bits per heavy atom. The molecule has 4 rings (SSSR count). The maximum absolute atomic E-state index is 13.6. The number of aryl methyl sites for hydroxylation is 1. The van der Waals surface area contributed by atoms with Gasteiger partial charge in [-0.15, -0.1) is 0 Å². The molecule has 3 fully saturated rings. The summed E-state index contributed by atoms with van der Waals surface area (Å²) in [5.74, 6) is 0.130. The maximum atomic E-state index is 13.6. The van der Waals surface area contributed by atoms with Crippen LogP contribution < -0.4 is 0 Å². The third kappa shape index (κ3) is 2.74. The van der Waals surface area contributed by atoms with Gasteiger partial charge in [0.25, 0.3) is 0 Å². The first-order valence-corrected chi connectivity index (χ1v) is 11.1. The molecule has 142 valence electrons. The summed E-state index contributed by atoms with van der Waals surface area (Å²) in [7, 11) is -3.72. The quantitative estimate of drug-likeness (QED) is 0.810. The molecule has 1 aliphatic heterocycles. The van der Waals surface area contributed by atoms with Crippen molar-refractivity contribution in [1.82, 2.24) is 4.31 Å². The first-order chi connectivity index (χ1) is 12.3. The predicted octanol–water partition coefficient (Wildman–Crippen LogP) is 3.41. The van der Waals surface area contributed by atoms with Gasteiger partial charge < -0.3 is 4.74 Å². The van der Waals surface area contributed by atoms with Crippen LogP contribution in [0.2, 0.25) is 0 Å². The molecule has 6 heteroatoms. The first-order valence-electron chi connectivity index (χ1n) is 9.63. The van der Waals surface area contributed by atoms with Crippen molar-refractivity contribution < 1.29 is 17.9 Å². The topological polar surface area (TPSA) is 63.7 Å². The normalized spacial score (nSPS) is 35.6. The average Bonchev–Trinajstić information content (AvgIpc) is 3.17. The fraction of sp³-hybridized carbons (Fsp3) is 0.650. The standard InChI is InChI=1S/C20H27NO4S/c1-14-9-11-15(12-10-14)26(23,24)21-16-6-3-4-7-17(16)25-19(21)20(2)13-5-8-18(20)22/h9-12,16-17,19H,3-8,13H2,1-2H3/t16-,17-,19-,20-/m0/s1. The van der Waals surface area contributed by atoms with Crippen LogP contribution in [0.4, 0.5) is 0 Å². The Morgan fingerprint density at radius 3 is 2.46 bits per heavy atom. The minimum atomic E-state index is -3.72. The van der Waals surface area contributed by atoms with Gasteiger partial charge in [-0.1, -0.05) is 30.5 Å². The second-order valence-electron chi connectivity index (χ2n) is 8.22. The van der Waals surface area contributed by atoms with Crippen molar-refractivity contribution >= 4 is 15.8 Å². The number of rotatable bonds is 3. The first kappa shape index (κ1) is 18.1. The summed E-state index contributed by atoms with van der Waals surface area (Å²) in [6.45, 7) is 3.83. The monoisotopic (exact) mass is 377 g/mol. The molecule has 0 N–H and O–H groups in total. The SMILES string of the molecule is Cc1ccc(S(=O)(=O)N2[C@H]([C@@]3(C)CCCC3=O)O[C@H]3CCCC[C@@H]32)cc1. The Hall–Kier alpha value is -1.24. The number of sulfonamides is 1. The molecule has 1 heterocycles. The lowest BCUT2D eigenvalue weighted by molar-refractivity contribution is -0.137. The molecule has 0 bridgehead atoms. The van der Waals surface area contributed by atoms with E-state index in [1.807, 2.05) is 26.0 Å². The second kappa shape index (κ2) is 6.43. The van der Waals surface area contributed by atoms with Crippen LogP contribution in [-0.4, -0.2) is 36.9 Å². The Morgan fingerprint density at radius 2 is 1.81 bits per heavy atom. The predicted molar refractivity (Wildman–Crippen MR) is 98.1 cm³/mol. The zero-order chi connectivity index (χ0) is 18.5. The Kier molecular flexibility index (Phi) is 4.48. The van der Waals surface area contributed by atoms with Crippen LogP contribution in [0.25, 0.3) is 0 Å². The van der Waals surface area contributed by atoms with E-state index in [1.54, 1.807) is 16.4 Å². The van der Waals surface area contributed by atoms with Crippen molar-refractivity contribution in [2.45, 2.75) is 82.1 Å². The number of benzene rings is 1. The highest BCUT2D eigenvalue weighted by Crippen LogP contribution is 2.48. The van der Waals surface area contributed by atoms with Crippen LogP contribution in [0.1, 0.15) is 57.4 Å². The van der Waals surface area contributed by atoms with Gasteiger partial charge in [-0.3, -0.25) is 4.79 Å². The molecular weight excluding hydrogens is 350 g/mol. The zero-order valence-corrected chi connectivity index (χ0v) is 16.3. The van der Waals surface area contributed by atoms with Crippen LogP contribution in [0.5, 0.6) is 0 Å². The average molecular weight is 378 g/mol. The number of Topliss-reactive ketones (excluding diaryl/α,β-unsaturated/α-hetero) is 1. The number of hydrogen-bond acceptors (Lipinski definition) is 4. The molecule has 26 heavy (non-hydrogen) atoms. The summed E-state index contributed by atoms with van der Waals surface area (Å²) in [5.41, 5.74) is 0.279. The number of fused-ring (bicyclic) bond motifs is 1. The van der Waals surface area contributed by atoms with Gasteiger partial charge in [-0.2, -0.15) is 4.31 Å². The molecule has 1 aromatic rings. The minimum absolute atomic E-state index is 0.0980. The van der Waals surface area contributed by atoms with Gasteiger partial charge in [0.15, 0.2) is 0 Å². The maximum Gasteiger partial charge on any atom is 0.245 e. The molecule has 0 amide bonds. The summed E-state index contributed by atoms with van der Waals surface area (Å²) in [5, 5.41) is 0. The van der Waals surface area contributed by atoms with E-state index < -0.39 is 21.7 Å². The fourth-order valence-corrected chi connectivity index (χ4v) is 6.65. The number of hydrogen-bond donors (Lipinski definition) is 0. The van der Waals surface area contributed by atoms with Gasteiger partial charge >= 0.3 is 0 Å². The summed E-state index contributed by atoms with van der Waals surface area (Å²) in [6, 6.07) is 6.80. The summed E-state index contributed by atoms with van der Waals surface area (Å²) in [4.78, 5) is 12.9. The van der Waals surface area contributed by atoms with Gasteiger partial charge in [0.05, 0.1) is 22.5 Å². The van der Waals surface area contributed by atoms with Crippen molar-refractivity contribution in [3.05, 3.63) is 29.8 Å². The molecule has 2 saturated carbocycles. The Balaban J connectivity index is 1.78. The van der Waals surface area contributed by atoms with Crippen LogP contribution in [0.3, 0.4) is 0 Å². The lowest BCUT2D eigenvalue weighted by Gasteiger charge is -2.36. The van der Waals surface area contributed by atoms with Crippen LogP contribution in [0.15, 0.2) is 29.2 Å². The van der Waals surface area contributed by atoms with E-state index in [-0.39, 0.29) is 22.8 Å². The molecule has 0 unspecified atom stereocenters. The van der Waals surface area contributed by atoms with E-state index in [2.05, 4.69) is 0 Å². The number of ketones is 1. The van der Waals surface area contributed by atoms with Gasteiger partial charge in [-0.25, -0.2) is 8.42 Å². The van der Waals surface area contributed by atoms with Gasteiger partial charge in [0, 0.05) is 6.42 Å². The molecule has 0 aromatic heterocycles. The summed E-state index contributed by atoms with van der Waals surface area (Å²) in [6.07, 6.45) is 4.96. The van der Waals surface area contributed by atoms with Crippen molar-refractivity contribution in [1.29, 1.82) is 0 Å². The number of ether oxygens (including phenoxy) is 1. The van der Waals surface area contributed by atoms with E-state index in [0.29, 0.717) is 12.8 Å². The zero-order valence-electron chi connectivity index (χ0n) is 15.5. The largest absolute Gasteiger partial charge is 0.356 e. The Bertz CT molecular complexity index is 804. The molecule has 2 aliphatic carbocycles. The molecular formula is C20H27NO4S. The Labute approximate surface area is 155 Å². The van der Waals surface area contributed by atoms with E-state index in [4.69, 9.17) is 4.74 Å². The smallest absolute Gasteiger partial charge is 0.245 e. The van der Waals surface area contributed by atoms with Crippen molar-refractivity contribution in [3.8, 4) is 0 Å². The van der Waals surface area contributed by atoms with E-state index in [1.165, 1.54) is 0 Å². The fourth-order valence-electron chi connectivity index (χ4n) is 4.80. The number of carbonyl (C=O) groups is 1. The van der Waals surface area contributed by atoms with Gasteiger partial charge in [0.2, 0.25) is 10.0 Å². The highest BCUT2D eigenvalue weighted by Gasteiger charge is 2.58. The molecule has 5 nitrogen and oxygen atoms in total.